The van der Waals surface area contributed by atoms with E-state index in [0.29, 0.717) is 12.4 Å². The van der Waals surface area contributed by atoms with E-state index >= 15 is 0 Å². The Balaban J connectivity index is 2.06. The van der Waals surface area contributed by atoms with Crippen molar-refractivity contribution in [3.8, 4) is 5.75 Å². The summed E-state index contributed by atoms with van der Waals surface area (Å²) in [5.41, 5.74) is 0.801. The van der Waals surface area contributed by atoms with Crippen LogP contribution in [0.3, 0.4) is 0 Å². The summed E-state index contributed by atoms with van der Waals surface area (Å²) in [5.74, 6) is 0.665. The van der Waals surface area contributed by atoms with Crippen LogP contribution in [0.25, 0.3) is 10.9 Å². The molecule has 0 saturated carbocycles. The molecular formula is C17H16NO2PS. The summed E-state index contributed by atoms with van der Waals surface area (Å²) < 4.78 is 12.0. The van der Waals surface area contributed by atoms with Gasteiger partial charge in [-0.1, -0.05) is 36.4 Å². The molecule has 0 aliphatic heterocycles. The van der Waals surface area contributed by atoms with Crippen molar-refractivity contribution >= 4 is 34.5 Å². The van der Waals surface area contributed by atoms with E-state index in [1.165, 1.54) is 0 Å². The third kappa shape index (κ3) is 3.05. The molecule has 2 aromatic carbocycles. The summed E-state index contributed by atoms with van der Waals surface area (Å²) in [6.07, 6.45) is 1.75. The van der Waals surface area contributed by atoms with Crippen LogP contribution in [0.5, 0.6) is 5.75 Å². The van der Waals surface area contributed by atoms with Crippen LogP contribution in [0.2, 0.25) is 0 Å². The molecule has 5 heteroatoms. The number of hydrogen-bond acceptors (Lipinski definition) is 4. The lowest BCUT2D eigenvalue weighted by molar-refractivity contribution is 0.339. The first-order valence-corrected chi connectivity index (χ1v) is 9.70. The van der Waals surface area contributed by atoms with Crippen LogP contribution >= 0.6 is 6.49 Å². The second-order valence-electron chi connectivity index (χ2n) is 4.67. The minimum absolute atomic E-state index is 0.504. The summed E-state index contributed by atoms with van der Waals surface area (Å²) in [4.78, 5) is 4.41. The first-order valence-electron chi connectivity index (χ1n) is 7.06. The van der Waals surface area contributed by atoms with Gasteiger partial charge in [-0.2, -0.15) is 0 Å². The average molecular weight is 329 g/mol. The minimum Gasteiger partial charge on any atom is -0.438 e. The van der Waals surface area contributed by atoms with Gasteiger partial charge in [0.25, 0.3) is 6.49 Å². The van der Waals surface area contributed by atoms with E-state index in [1.807, 2.05) is 67.6 Å². The molecule has 0 aliphatic carbocycles. The predicted molar refractivity (Wildman–Crippen MR) is 94.4 cm³/mol. The largest absolute Gasteiger partial charge is 0.438 e. The summed E-state index contributed by atoms with van der Waals surface area (Å²) >= 11 is 5.75. The van der Waals surface area contributed by atoms with Crippen molar-refractivity contribution in [1.29, 1.82) is 0 Å². The molecule has 112 valence electrons. The van der Waals surface area contributed by atoms with Crippen LogP contribution in [0.1, 0.15) is 6.92 Å². The van der Waals surface area contributed by atoms with Crippen LogP contribution in [-0.2, 0) is 16.3 Å². The van der Waals surface area contributed by atoms with Gasteiger partial charge in [-0.3, -0.25) is 4.98 Å². The van der Waals surface area contributed by atoms with Gasteiger partial charge in [0.1, 0.15) is 5.52 Å². The molecule has 1 heterocycles. The van der Waals surface area contributed by atoms with Gasteiger partial charge in [0.05, 0.1) is 6.61 Å². The quantitative estimate of drug-likeness (QED) is 0.654. The average Bonchev–Trinajstić information content (AvgIpc) is 2.56. The number of fused-ring (bicyclic) bond motifs is 1. The molecule has 3 rings (SSSR count). The molecule has 0 spiro atoms. The number of aromatic nitrogens is 1. The molecule has 0 saturated heterocycles. The Kier molecular flexibility index (Phi) is 4.53. The van der Waals surface area contributed by atoms with Crippen LogP contribution in [0.4, 0.5) is 0 Å². The van der Waals surface area contributed by atoms with E-state index in [9.17, 15) is 0 Å². The summed E-state index contributed by atoms with van der Waals surface area (Å²) in [5, 5.41) is 1.92. The van der Waals surface area contributed by atoms with Gasteiger partial charge in [-0.25, -0.2) is 0 Å². The first-order chi connectivity index (χ1) is 10.7. The van der Waals surface area contributed by atoms with Gasteiger partial charge < -0.3 is 9.05 Å². The monoisotopic (exact) mass is 329 g/mol. The molecule has 0 radical (unpaired) electrons. The van der Waals surface area contributed by atoms with E-state index in [2.05, 4.69) is 4.98 Å². The third-order valence-electron chi connectivity index (χ3n) is 3.19. The normalized spacial score (nSPS) is 13.7. The highest BCUT2D eigenvalue weighted by atomic mass is 32.5. The molecule has 0 bridgehead atoms. The number of para-hydroxylation sites is 1. The van der Waals surface area contributed by atoms with Crippen LogP contribution in [-0.4, -0.2) is 11.6 Å². The Labute approximate surface area is 135 Å². The van der Waals surface area contributed by atoms with Gasteiger partial charge in [0.15, 0.2) is 5.75 Å². The zero-order valence-electron chi connectivity index (χ0n) is 12.2. The molecule has 0 fully saturated rings. The van der Waals surface area contributed by atoms with Crippen molar-refractivity contribution in [2.75, 3.05) is 6.61 Å². The molecular weight excluding hydrogens is 313 g/mol. The zero-order chi connectivity index (χ0) is 15.4. The zero-order valence-corrected chi connectivity index (χ0v) is 13.9. The molecule has 22 heavy (non-hydrogen) atoms. The van der Waals surface area contributed by atoms with E-state index in [-0.39, 0.29) is 0 Å². The Morgan fingerprint density at radius 3 is 2.55 bits per heavy atom. The lowest BCUT2D eigenvalue weighted by Gasteiger charge is -2.23. The molecule has 0 aliphatic rings. The van der Waals surface area contributed by atoms with E-state index in [1.54, 1.807) is 6.20 Å². The van der Waals surface area contributed by atoms with E-state index < -0.39 is 6.49 Å². The maximum absolute atomic E-state index is 6.18. The van der Waals surface area contributed by atoms with Crippen molar-refractivity contribution in [2.24, 2.45) is 0 Å². The standard InChI is InChI=1S/C17H16NO2PS/c1-2-19-21(22,15-10-4-3-5-11-15)20-16-12-6-8-14-9-7-13-18-17(14)16/h3-13H,2H2,1H3. The smallest absolute Gasteiger partial charge is 0.269 e. The van der Waals surface area contributed by atoms with Crippen molar-refractivity contribution in [3.63, 3.8) is 0 Å². The Hall–Kier alpha value is -1.74. The molecule has 0 amide bonds. The minimum atomic E-state index is -2.60. The molecule has 3 aromatic rings. The predicted octanol–water partition coefficient (Wildman–Crippen LogP) is 4.29. The van der Waals surface area contributed by atoms with E-state index in [0.717, 1.165) is 16.2 Å². The van der Waals surface area contributed by atoms with Crippen molar-refractivity contribution in [2.45, 2.75) is 6.92 Å². The summed E-state index contributed by atoms with van der Waals surface area (Å²) in [7, 11) is 0. The van der Waals surface area contributed by atoms with Gasteiger partial charge in [0, 0.05) is 16.9 Å². The number of hydrogen-bond donors (Lipinski definition) is 0. The Morgan fingerprint density at radius 1 is 1.00 bits per heavy atom. The van der Waals surface area contributed by atoms with Crippen LogP contribution in [0.15, 0.2) is 66.9 Å². The highest BCUT2D eigenvalue weighted by Gasteiger charge is 2.24. The second kappa shape index (κ2) is 6.57. The first kappa shape index (κ1) is 15.2. The molecule has 1 atom stereocenters. The fraction of sp³-hybridized carbons (Fsp3) is 0.118. The lowest BCUT2D eigenvalue weighted by Crippen LogP contribution is -2.12. The summed E-state index contributed by atoms with van der Waals surface area (Å²) in [6, 6.07) is 19.5. The maximum Gasteiger partial charge on any atom is 0.269 e. The Morgan fingerprint density at radius 2 is 1.77 bits per heavy atom. The van der Waals surface area contributed by atoms with Gasteiger partial charge in [0.2, 0.25) is 0 Å². The van der Waals surface area contributed by atoms with Gasteiger partial charge in [-0.05, 0) is 43.0 Å². The van der Waals surface area contributed by atoms with Crippen molar-refractivity contribution in [3.05, 3.63) is 66.9 Å². The maximum atomic E-state index is 6.18. The van der Waals surface area contributed by atoms with Crippen LogP contribution < -0.4 is 9.83 Å². The van der Waals surface area contributed by atoms with Crippen molar-refractivity contribution < 1.29 is 9.05 Å². The molecule has 0 N–H and O–H groups in total. The molecule has 1 unspecified atom stereocenters. The number of benzene rings is 2. The van der Waals surface area contributed by atoms with Crippen LogP contribution in [0, 0.1) is 0 Å². The topological polar surface area (TPSA) is 31.4 Å². The SMILES string of the molecule is CCOP(=S)(Oc1cccc2cccnc12)c1ccccc1. The third-order valence-corrected chi connectivity index (χ3v) is 6.32. The highest BCUT2D eigenvalue weighted by molar-refractivity contribution is 8.13. The lowest BCUT2D eigenvalue weighted by atomic mass is 10.2. The fourth-order valence-corrected chi connectivity index (χ4v) is 4.73. The molecule has 1 aromatic heterocycles. The highest BCUT2D eigenvalue weighted by Crippen LogP contribution is 2.48. The van der Waals surface area contributed by atoms with Gasteiger partial charge >= 0.3 is 0 Å². The second-order valence-corrected chi connectivity index (χ2v) is 8.07. The number of rotatable bonds is 5. The number of nitrogens with zero attached hydrogens (tertiary/aromatic N) is 1. The summed E-state index contributed by atoms with van der Waals surface area (Å²) in [6.45, 7) is -0.175. The van der Waals surface area contributed by atoms with Crippen molar-refractivity contribution in [1.82, 2.24) is 4.98 Å². The Bertz CT molecular complexity index is 818. The molecule has 3 nitrogen and oxygen atoms in total. The van der Waals surface area contributed by atoms with Gasteiger partial charge in [-0.15, -0.1) is 0 Å². The fourth-order valence-electron chi connectivity index (χ4n) is 2.21. The number of pyridine rings is 1. The van der Waals surface area contributed by atoms with E-state index in [4.69, 9.17) is 20.9 Å².